The van der Waals surface area contributed by atoms with Gasteiger partial charge in [0.25, 0.3) is 0 Å². The number of pyridine rings is 1. The summed E-state index contributed by atoms with van der Waals surface area (Å²) < 4.78 is 6.58. The molecule has 0 aliphatic carbocycles. The number of rotatable bonds is 4. The van der Waals surface area contributed by atoms with Crippen molar-refractivity contribution in [2.45, 2.75) is 26.8 Å². The number of hydrogen-bond acceptors (Lipinski definition) is 6. The van der Waals surface area contributed by atoms with Gasteiger partial charge in [0.15, 0.2) is 5.82 Å². The van der Waals surface area contributed by atoms with Crippen molar-refractivity contribution in [3.05, 3.63) is 51.8 Å². The van der Waals surface area contributed by atoms with E-state index in [1.165, 1.54) is 11.1 Å². The van der Waals surface area contributed by atoms with E-state index in [9.17, 15) is 0 Å². The number of aryl methyl sites for hydroxylation is 1. The van der Waals surface area contributed by atoms with Crippen LogP contribution < -0.4 is 10.2 Å². The van der Waals surface area contributed by atoms with Gasteiger partial charge in [0, 0.05) is 22.9 Å². The van der Waals surface area contributed by atoms with Crippen molar-refractivity contribution in [1.29, 1.82) is 0 Å². The second kappa shape index (κ2) is 8.01. The lowest BCUT2D eigenvalue weighted by Gasteiger charge is -2.29. The summed E-state index contributed by atoms with van der Waals surface area (Å²) in [6.45, 7) is 9.45. The number of nitrogens with zero attached hydrogens (tertiary/aromatic N) is 4. The largest absolute Gasteiger partial charge is 0.378 e. The van der Waals surface area contributed by atoms with Gasteiger partial charge in [-0.05, 0) is 44.0 Å². The fourth-order valence-electron chi connectivity index (χ4n) is 3.63. The minimum absolute atomic E-state index is 0.0877. The van der Waals surface area contributed by atoms with Crippen LogP contribution in [0.1, 0.15) is 29.8 Å². The molecule has 1 aromatic carbocycles. The summed E-state index contributed by atoms with van der Waals surface area (Å²) in [7, 11) is 0. The summed E-state index contributed by atoms with van der Waals surface area (Å²) in [5, 5.41) is 13.3. The summed E-state index contributed by atoms with van der Waals surface area (Å²) in [4.78, 5) is 7.00. The summed E-state index contributed by atoms with van der Waals surface area (Å²) >= 11 is 3.62. The molecular formula is C21H24BrN5O. The third kappa shape index (κ3) is 3.69. The van der Waals surface area contributed by atoms with Crippen molar-refractivity contribution in [3.63, 3.8) is 0 Å². The maximum atomic E-state index is 5.47. The van der Waals surface area contributed by atoms with Gasteiger partial charge >= 0.3 is 0 Å². The van der Waals surface area contributed by atoms with E-state index in [0.717, 1.165) is 58.9 Å². The zero-order chi connectivity index (χ0) is 19.7. The third-order valence-corrected chi connectivity index (χ3v) is 6.14. The van der Waals surface area contributed by atoms with Crippen molar-refractivity contribution >= 4 is 38.3 Å². The normalized spacial score (nSPS) is 15.6. The molecule has 3 aromatic rings. The Hall–Kier alpha value is -2.25. The Bertz CT molecular complexity index is 1000. The zero-order valence-corrected chi connectivity index (χ0v) is 18.0. The number of nitrogens with one attached hydrogen (secondary N) is 1. The highest BCUT2D eigenvalue weighted by molar-refractivity contribution is 9.10. The molecule has 6 nitrogen and oxygen atoms in total. The first kappa shape index (κ1) is 19.1. The summed E-state index contributed by atoms with van der Waals surface area (Å²) in [6, 6.07) is 8.51. The fourth-order valence-corrected chi connectivity index (χ4v) is 4.01. The SMILES string of the molecule is Cc1c(Br)cccc1C(C)Nc1nnc(C)c2ncc(N3CCOCC3)cc12. The Labute approximate surface area is 173 Å². The average Bonchev–Trinajstić information content (AvgIpc) is 2.72. The Morgan fingerprint density at radius 1 is 1.18 bits per heavy atom. The van der Waals surface area contributed by atoms with E-state index in [1.54, 1.807) is 0 Å². The first-order valence-corrected chi connectivity index (χ1v) is 10.3. The maximum Gasteiger partial charge on any atom is 0.158 e. The van der Waals surface area contributed by atoms with Crippen LogP contribution in [0.4, 0.5) is 11.5 Å². The van der Waals surface area contributed by atoms with Crippen LogP contribution in [0.2, 0.25) is 0 Å². The first-order chi connectivity index (χ1) is 13.5. The van der Waals surface area contributed by atoms with E-state index >= 15 is 0 Å². The molecule has 0 amide bonds. The molecule has 1 aliphatic heterocycles. The zero-order valence-electron chi connectivity index (χ0n) is 16.4. The predicted molar refractivity (Wildman–Crippen MR) is 116 cm³/mol. The summed E-state index contributed by atoms with van der Waals surface area (Å²) in [6.07, 6.45) is 1.92. The van der Waals surface area contributed by atoms with Crippen molar-refractivity contribution in [2.24, 2.45) is 0 Å². The Morgan fingerprint density at radius 3 is 2.75 bits per heavy atom. The van der Waals surface area contributed by atoms with Gasteiger partial charge in [-0.25, -0.2) is 0 Å². The number of halogens is 1. The van der Waals surface area contributed by atoms with Gasteiger partial charge < -0.3 is 15.0 Å². The van der Waals surface area contributed by atoms with Crippen LogP contribution in [-0.2, 0) is 4.74 Å². The van der Waals surface area contributed by atoms with Crippen LogP contribution in [0, 0.1) is 13.8 Å². The second-order valence-electron chi connectivity index (χ2n) is 7.14. The van der Waals surface area contributed by atoms with Crippen LogP contribution in [0.5, 0.6) is 0 Å². The molecule has 2 aromatic heterocycles. The van der Waals surface area contributed by atoms with Crippen LogP contribution in [0.25, 0.3) is 10.9 Å². The summed E-state index contributed by atoms with van der Waals surface area (Å²) in [5.74, 6) is 0.759. The molecule has 3 heterocycles. The van der Waals surface area contributed by atoms with Gasteiger partial charge in [0.2, 0.25) is 0 Å². The van der Waals surface area contributed by atoms with Crippen molar-refractivity contribution in [1.82, 2.24) is 15.2 Å². The first-order valence-electron chi connectivity index (χ1n) is 9.52. The van der Waals surface area contributed by atoms with E-state index in [0.29, 0.717) is 0 Å². The third-order valence-electron chi connectivity index (χ3n) is 5.28. The smallest absolute Gasteiger partial charge is 0.158 e. The molecule has 1 atom stereocenters. The molecule has 1 aliphatic rings. The van der Waals surface area contributed by atoms with Crippen LogP contribution in [-0.4, -0.2) is 41.5 Å². The molecule has 28 heavy (non-hydrogen) atoms. The van der Waals surface area contributed by atoms with Gasteiger partial charge in [0.05, 0.1) is 42.4 Å². The highest BCUT2D eigenvalue weighted by Gasteiger charge is 2.17. The van der Waals surface area contributed by atoms with Crippen LogP contribution in [0.3, 0.4) is 0 Å². The molecule has 146 valence electrons. The van der Waals surface area contributed by atoms with Gasteiger partial charge in [-0.3, -0.25) is 4.98 Å². The van der Waals surface area contributed by atoms with Gasteiger partial charge in [-0.2, -0.15) is 5.10 Å². The van der Waals surface area contributed by atoms with Crippen LogP contribution in [0.15, 0.2) is 34.9 Å². The van der Waals surface area contributed by atoms with E-state index < -0.39 is 0 Å². The number of aromatic nitrogens is 3. The Morgan fingerprint density at radius 2 is 1.96 bits per heavy atom. The molecule has 4 rings (SSSR count). The highest BCUT2D eigenvalue weighted by atomic mass is 79.9. The molecule has 0 radical (unpaired) electrons. The van der Waals surface area contributed by atoms with E-state index in [-0.39, 0.29) is 6.04 Å². The fraction of sp³-hybridized carbons (Fsp3) is 0.381. The standard InChI is InChI=1S/C21H24BrN5O/c1-13-17(5-4-6-19(13)22)14(2)24-21-18-11-16(27-7-9-28-10-8-27)12-23-20(18)15(3)25-26-21/h4-6,11-12,14H,7-10H2,1-3H3,(H,24,26). The van der Waals surface area contributed by atoms with Gasteiger partial charge in [0.1, 0.15) is 0 Å². The molecular weight excluding hydrogens is 418 g/mol. The molecule has 1 saturated heterocycles. The lowest BCUT2D eigenvalue weighted by atomic mass is 10.0. The predicted octanol–water partition coefficient (Wildman–Crippen LogP) is 4.41. The molecule has 1 N–H and O–H groups in total. The number of fused-ring (bicyclic) bond motifs is 1. The summed E-state index contributed by atoms with van der Waals surface area (Å²) in [5.41, 5.74) is 5.26. The number of ether oxygens (including phenoxy) is 1. The van der Waals surface area contributed by atoms with Crippen molar-refractivity contribution in [2.75, 3.05) is 36.5 Å². The molecule has 0 saturated carbocycles. The maximum absolute atomic E-state index is 5.47. The minimum Gasteiger partial charge on any atom is -0.378 e. The van der Waals surface area contributed by atoms with Crippen molar-refractivity contribution in [3.8, 4) is 0 Å². The van der Waals surface area contributed by atoms with E-state index in [4.69, 9.17) is 9.72 Å². The number of benzene rings is 1. The molecule has 7 heteroatoms. The Balaban J connectivity index is 1.71. The highest BCUT2D eigenvalue weighted by Crippen LogP contribution is 2.31. The minimum atomic E-state index is 0.0877. The average molecular weight is 442 g/mol. The second-order valence-corrected chi connectivity index (χ2v) is 8.00. The number of morpholine rings is 1. The molecule has 0 spiro atoms. The molecule has 1 unspecified atom stereocenters. The monoisotopic (exact) mass is 441 g/mol. The van der Waals surface area contributed by atoms with Gasteiger partial charge in [-0.15, -0.1) is 5.10 Å². The number of anilines is 2. The quantitative estimate of drug-likeness (QED) is 0.646. The molecule has 1 fully saturated rings. The van der Waals surface area contributed by atoms with Gasteiger partial charge in [-0.1, -0.05) is 28.1 Å². The lowest BCUT2D eigenvalue weighted by molar-refractivity contribution is 0.122. The van der Waals surface area contributed by atoms with E-state index in [1.807, 2.05) is 13.1 Å². The van der Waals surface area contributed by atoms with Crippen molar-refractivity contribution < 1.29 is 4.74 Å². The van der Waals surface area contributed by atoms with Crippen LogP contribution >= 0.6 is 15.9 Å². The molecule has 0 bridgehead atoms. The number of hydrogen-bond donors (Lipinski definition) is 1. The Kier molecular flexibility index (Phi) is 5.46. The lowest BCUT2D eigenvalue weighted by Crippen LogP contribution is -2.36. The van der Waals surface area contributed by atoms with E-state index in [2.05, 4.69) is 74.5 Å². The topological polar surface area (TPSA) is 63.2 Å².